The molecule has 2 heterocycles. The molecule has 4 atom stereocenters. The molecule has 6 nitrogen and oxygen atoms in total. The molecular weight excluding hydrogens is 529 g/mol. The first-order valence-corrected chi connectivity index (χ1v) is 14.6. The van der Waals surface area contributed by atoms with Gasteiger partial charge < -0.3 is 0 Å². The Morgan fingerprint density at radius 3 is 1.93 bits per heavy atom. The Labute approximate surface area is 238 Å². The molecule has 0 saturated heterocycles. The minimum atomic E-state index is -4.43. The van der Waals surface area contributed by atoms with Crippen molar-refractivity contribution in [3.05, 3.63) is 78.6 Å². The molecule has 4 aliphatic carbocycles. The number of alkyl halides is 3. The number of H-pyrrole nitrogens is 1. The van der Waals surface area contributed by atoms with Gasteiger partial charge in [0.05, 0.1) is 17.8 Å². The van der Waals surface area contributed by atoms with Gasteiger partial charge in [0, 0.05) is 41.7 Å². The normalized spacial score (nSPS) is 29.8. The van der Waals surface area contributed by atoms with Crippen LogP contribution in [0.5, 0.6) is 0 Å². The molecule has 7 rings (SSSR count). The lowest BCUT2D eigenvalue weighted by Gasteiger charge is -2.36. The highest BCUT2D eigenvalue weighted by molar-refractivity contribution is 5.46. The third-order valence-electron chi connectivity index (χ3n) is 12.3. The minimum Gasteiger partial charge on any atom is -0.291 e. The molecule has 2 saturated carbocycles. The Morgan fingerprint density at radius 1 is 0.854 bits per heavy atom. The van der Waals surface area contributed by atoms with Gasteiger partial charge in [-0.05, 0) is 60.0 Å². The predicted octanol–water partition coefficient (Wildman–Crippen LogP) is 6.32. The van der Waals surface area contributed by atoms with Crippen LogP contribution in [-0.4, -0.2) is 19.1 Å². The molecule has 9 heteroatoms. The van der Waals surface area contributed by atoms with Gasteiger partial charge in [0.15, 0.2) is 0 Å². The monoisotopic (exact) mass is 570 g/mol. The standard InChI is InChI=1S/C20H23F3N2O.C12H18N2O/c1-18(2)14-9-10-19(18,3)16-15(14)17(26)25(24(16)4)11-12-7-5-6-8-13(12)20(21,22)23;1-11(2)7-5-6-12(11,3)9-8(7)10(15)13-14(9)4/h5-8,14H,9-11H2,1-4H3;7H,5-6H2,1-4H3,(H,13,15)/t14-,19+;7-,12+/m11/s1. The second-order valence-electron chi connectivity index (χ2n) is 14.4. The molecule has 0 amide bonds. The zero-order chi connectivity index (χ0) is 30.1. The summed E-state index contributed by atoms with van der Waals surface area (Å²) in [5.74, 6) is 0.641. The van der Waals surface area contributed by atoms with Crippen LogP contribution in [0.1, 0.15) is 113 Å². The van der Waals surface area contributed by atoms with Gasteiger partial charge in [-0.25, -0.2) is 4.68 Å². The third kappa shape index (κ3) is 3.38. The van der Waals surface area contributed by atoms with Crippen molar-refractivity contribution in [3.8, 4) is 0 Å². The van der Waals surface area contributed by atoms with Gasteiger partial charge in [-0.2, -0.15) is 13.2 Å². The molecule has 4 bridgehead atoms. The summed E-state index contributed by atoms with van der Waals surface area (Å²) in [6.45, 7) is 13.5. The van der Waals surface area contributed by atoms with E-state index >= 15 is 0 Å². The number of aryl methyl sites for hydroxylation is 1. The van der Waals surface area contributed by atoms with Crippen molar-refractivity contribution in [2.75, 3.05) is 0 Å². The van der Waals surface area contributed by atoms with E-state index in [-0.39, 0.29) is 50.8 Å². The Morgan fingerprint density at radius 2 is 1.39 bits per heavy atom. The second kappa shape index (κ2) is 8.32. The average Bonchev–Trinajstić information content (AvgIpc) is 3.57. The minimum absolute atomic E-state index is 0.00243. The van der Waals surface area contributed by atoms with E-state index in [2.05, 4.69) is 46.6 Å². The van der Waals surface area contributed by atoms with E-state index in [0.29, 0.717) is 5.92 Å². The molecule has 222 valence electrons. The number of hydrogen-bond donors (Lipinski definition) is 1. The summed E-state index contributed by atoms with van der Waals surface area (Å²) in [5.41, 5.74) is 3.89. The van der Waals surface area contributed by atoms with E-state index in [4.69, 9.17) is 0 Å². The van der Waals surface area contributed by atoms with Crippen molar-refractivity contribution in [2.24, 2.45) is 24.9 Å². The van der Waals surface area contributed by atoms with Crippen LogP contribution in [0.4, 0.5) is 13.2 Å². The van der Waals surface area contributed by atoms with E-state index in [1.165, 1.54) is 35.4 Å². The molecule has 1 N–H and O–H groups in total. The number of rotatable bonds is 2. The first-order chi connectivity index (χ1) is 18.9. The van der Waals surface area contributed by atoms with Crippen LogP contribution < -0.4 is 11.1 Å². The van der Waals surface area contributed by atoms with Crippen LogP contribution in [0.15, 0.2) is 33.9 Å². The van der Waals surface area contributed by atoms with E-state index in [9.17, 15) is 22.8 Å². The van der Waals surface area contributed by atoms with Gasteiger partial charge in [-0.3, -0.25) is 24.1 Å². The topological polar surface area (TPSA) is 64.7 Å². The number of aromatic amines is 1. The zero-order valence-corrected chi connectivity index (χ0v) is 25.3. The first-order valence-electron chi connectivity index (χ1n) is 14.6. The molecule has 41 heavy (non-hydrogen) atoms. The smallest absolute Gasteiger partial charge is 0.291 e. The molecule has 0 unspecified atom stereocenters. The summed E-state index contributed by atoms with van der Waals surface area (Å²) in [5, 5.41) is 2.90. The van der Waals surface area contributed by atoms with E-state index in [1.807, 2.05) is 16.4 Å². The molecule has 2 fully saturated rings. The lowest BCUT2D eigenvalue weighted by molar-refractivity contribution is -0.138. The first kappa shape index (κ1) is 28.2. The molecule has 0 aliphatic heterocycles. The van der Waals surface area contributed by atoms with Gasteiger partial charge in [0.1, 0.15) is 0 Å². The maximum Gasteiger partial charge on any atom is 0.416 e. The molecule has 4 aliphatic rings. The van der Waals surface area contributed by atoms with Gasteiger partial charge >= 0.3 is 6.18 Å². The maximum absolute atomic E-state index is 13.3. The Bertz CT molecular complexity index is 1680. The van der Waals surface area contributed by atoms with Crippen molar-refractivity contribution >= 4 is 0 Å². The van der Waals surface area contributed by atoms with Crippen LogP contribution in [0.3, 0.4) is 0 Å². The summed E-state index contributed by atoms with van der Waals surface area (Å²) in [6.07, 6.45) is -0.0729. The van der Waals surface area contributed by atoms with Gasteiger partial charge in [-0.15, -0.1) is 0 Å². The van der Waals surface area contributed by atoms with Gasteiger partial charge in [-0.1, -0.05) is 59.7 Å². The quantitative estimate of drug-likeness (QED) is 0.392. The molecule has 0 radical (unpaired) electrons. The zero-order valence-electron chi connectivity index (χ0n) is 25.3. The van der Waals surface area contributed by atoms with Crippen molar-refractivity contribution in [3.63, 3.8) is 0 Å². The van der Waals surface area contributed by atoms with E-state index in [1.54, 1.807) is 13.1 Å². The Kier molecular flexibility index (Phi) is 5.71. The summed E-state index contributed by atoms with van der Waals surface area (Å²) in [4.78, 5) is 25.0. The van der Waals surface area contributed by atoms with E-state index < -0.39 is 11.7 Å². The maximum atomic E-state index is 13.3. The molecular formula is C32H41F3N4O2. The predicted molar refractivity (Wildman–Crippen MR) is 152 cm³/mol. The number of nitrogens with zero attached hydrogens (tertiary/aromatic N) is 3. The van der Waals surface area contributed by atoms with Crippen molar-refractivity contribution in [1.29, 1.82) is 0 Å². The number of benzene rings is 1. The number of fused-ring (bicyclic) bond motifs is 10. The molecule has 1 aromatic carbocycles. The van der Waals surface area contributed by atoms with Crippen LogP contribution in [0.2, 0.25) is 0 Å². The summed E-state index contributed by atoms with van der Waals surface area (Å²) < 4.78 is 45.2. The number of nitrogens with one attached hydrogen (secondary N) is 1. The van der Waals surface area contributed by atoms with Crippen LogP contribution in [0.25, 0.3) is 0 Å². The summed E-state index contributed by atoms with van der Waals surface area (Å²) in [7, 11) is 3.76. The third-order valence-corrected chi connectivity index (χ3v) is 12.3. The Balaban J connectivity index is 0.000000170. The number of halogens is 3. The fourth-order valence-electron chi connectivity index (χ4n) is 9.32. The largest absolute Gasteiger partial charge is 0.416 e. The van der Waals surface area contributed by atoms with Crippen molar-refractivity contribution < 1.29 is 13.2 Å². The molecule has 3 aromatic rings. The van der Waals surface area contributed by atoms with Crippen molar-refractivity contribution in [2.45, 2.75) is 103 Å². The second-order valence-corrected chi connectivity index (χ2v) is 14.4. The average molecular weight is 571 g/mol. The highest BCUT2D eigenvalue weighted by atomic mass is 19.4. The highest BCUT2D eigenvalue weighted by Crippen LogP contribution is 2.67. The number of aromatic nitrogens is 4. The van der Waals surface area contributed by atoms with E-state index in [0.717, 1.165) is 35.7 Å². The van der Waals surface area contributed by atoms with Crippen LogP contribution in [-0.2, 0) is 37.6 Å². The van der Waals surface area contributed by atoms with Crippen LogP contribution >= 0.6 is 0 Å². The lowest BCUT2D eigenvalue weighted by Crippen LogP contribution is -2.35. The molecule has 2 aromatic heterocycles. The SMILES string of the molecule is Cn1[nH]c(=O)c2c1[C@]1(C)CC[C@H]2C1(C)C.Cn1c2c(c(=O)n1Cc1ccccc1C(F)(F)F)[C@H]1CC[C@]2(C)C1(C)C. The number of hydrogen-bond acceptors (Lipinski definition) is 2. The fraction of sp³-hybridized carbons (Fsp3) is 0.625. The summed E-state index contributed by atoms with van der Waals surface area (Å²) >= 11 is 0. The molecule has 0 spiro atoms. The Hall–Kier alpha value is -2.97. The van der Waals surface area contributed by atoms with Gasteiger partial charge in [0.2, 0.25) is 0 Å². The van der Waals surface area contributed by atoms with Gasteiger partial charge in [0.25, 0.3) is 11.1 Å². The highest BCUT2D eigenvalue weighted by Gasteiger charge is 2.63. The lowest BCUT2D eigenvalue weighted by atomic mass is 9.70. The van der Waals surface area contributed by atoms with Crippen LogP contribution in [0, 0.1) is 10.8 Å². The fourth-order valence-corrected chi connectivity index (χ4v) is 9.32. The van der Waals surface area contributed by atoms with Crippen molar-refractivity contribution in [1.82, 2.24) is 19.1 Å². The summed E-state index contributed by atoms with van der Waals surface area (Å²) in [6, 6.07) is 5.49.